The molecule has 0 atom stereocenters. The van der Waals surface area contributed by atoms with E-state index in [1.54, 1.807) is 24.3 Å². The van der Waals surface area contributed by atoms with Crippen LogP contribution in [0.2, 0.25) is 0 Å². The fourth-order valence-corrected chi connectivity index (χ4v) is 2.06. The summed E-state index contributed by atoms with van der Waals surface area (Å²) in [5.41, 5.74) is 1.58. The second-order valence-corrected chi connectivity index (χ2v) is 5.07. The Morgan fingerprint density at radius 2 is 1.10 bits per heavy atom. The maximum absolute atomic E-state index is 11.5. The molecule has 0 fully saturated rings. The Morgan fingerprint density at radius 3 is 1.45 bits per heavy atom. The number of hydrogen-bond donors (Lipinski definition) is 2. The molecule has 0 aliphatic carbocycles. The Kier molecular flexibility index (Phi) is 5.07. The van der Waals surface area contributed by atoms with E-state index in [2.05, 4.69) is 0 Å². The van der Waals surface area contributed by atoms with Gasteiger partial charge in [-0.15, -0.1) is 9.05 Å². The van der Waals surface area contributed by atoms with Crippen molar-refractivity contribution >= 4 is 8.25 Å². The highest BCUT2D eigenvalue weighted by Crippen LogP contribution is 2.28. The summed E-state index contributed by atoms with van der Waals surface area (Å²) in [6.07, 6.45) is 0. The van der Waals surface area contributed by atoms with Crippen LogP contribution in [0.3, 0.4) is 0 Å². The van der Waals surface area contributed by atoms with E-state index in [1.165, 1.54) is 24.3 Å². The SMILES string of the molecule is O=[P+](OCc1ccc(O)cc1)OCc1ccc(O)cc1. The first-order valence-corrected chi connectivity index (χ1v) is 7.02. The van der Waals surface area contributed by atoms with E-state index in [0.717, 1.165) is 11.1 Å². The average Bonchev–Trinajstić information content (AvgIpc) is 2.46. The first kappa shape index (κ1) is 14.5. The number of phenols is 2. The Hall–Kier alpha value is -1.94. The van der Waals surface area contributed by atoms with Gasteiger partial charge < -0.3 is 10.2 Å². The van der Waals surface area contributed by atoms with Crippen molar-refractivity contribution < 1.29 is 23.8 Å². The van der Waals surface area contributed by atoms with Gasteiger partial charge in [0.2, 0.25) is 0 Å². The van der Waals surface area contributed by atoms with Gasteiger partial charge in [0.1, 0.15) is 24.7 Å². The van der Waals surface area contributed by atoms with Gasteiger partial charge >= 0.3 is 8.25 Å². The molecule has 6 heteroatoms. The third-order valence-corrected chi connectivity index (χ3v) is 3.23. The van der Waals surface area contributed by atoms with Crippen LogP contribution in [0, 0.1) is 0 Å². The van der Waals surface area contributed by atoms with Gasteiger partial charge in [-0.1, -0.05) is 24.3 Å². The Bertz CT molecular complexity index is 514. The molecular formula is C14H14O5P+. The quantitative estimate of drug-likeness (QED) is 0.797. The van der Waals surface area contributed by atoms with Crippen LogP contribution in [-0.2, 0) is 26.8 Å². The van der Waals surface area contributed by atoms with Gasteiger partial charge in [0.15, 0.2) is 0 Å². The van der Waals surface area contributed by atoms with Crippen LogP contribution in [0.15, 0.2) is 48.5 Å². The van der Waals surface area contributed by atoms with Gasteiger partial charge in [-0.2, -0.15) is 0 Å². The molecule has 0 saturated carbocycles. The molecule has 0 aliphatic heterocycles. The molecule has 2 aromatic carbocycles. The molecule has 2 aromatic rings. The summed E-state index contributed by atoms with van der Waals surface area (Å²) >= 11 is 0. The van der Waals surface area contributed by atoms with Crippen molar-refractivity contribution in [2.75, 3.05) is 0 Å². The molecule has 0 saturated heterocycles. The van der Waals surface area contributed by atoms with Crippen molar-refractivity contribution in [2.24, 2.45) is 0 Å². The minimum atomic E-state index is -2.22. The molecule has 0 bridgehead atoms. The highest BCUT2D eigenvalue weighted by Gasteiger charge is 2.20. The summed E-state index contributed by atoms with van der Waals surface area (Å²) in [7, 11) is -2.22. The fourth-order valence-electron chi connectivity index (χ4n) is 1.48. The first-order valence-electron chi connectivity index (χ1n) is 5.92. The van der Waals surface area contributed by atoms with Gasteiger partial charge in [0.05, 0.1) is 0 Å². The van der Waals surface area contributed by atoms with Crippen LogP contribution in [0.5, 0.6) is 11.5 Å². The van der Waals surface area contributed by atoms with E-state index in [4.69, 9.17) is 19.3 Å². The third-order valence-electron chi connectivity index (χ3n) is 2.55. The Balaban J connectivity index is 1.75. The van der Waals surface area contributed by atoms with Crippen LogP contribution in [0.1, 0.15) is 11.1 Å². The number of benzene rings is 2. The zero-order valence-corrected chi connectivity index (χ0v) is 11.5. The van der Waals surface area contributed by atoms with Crippen molar-refractivity contribution in [3.8, 4) is 11.5 Å². The monoisotopic (exact) mass is 293 g/mol. The predicted molar refractivity (Wildman–Crippen MR) is 73.4 cm³/mol. The number of hydrogen-bond acceptors (Lipinski definition) is 5. The fraction of sp³-hybridized carbons (Fsp3) is 0.143. The Labute approximate surface area is 117 Å². The maximum atomic E-state index is 11.5. The van der Waals surface area contributed by atoms with Crippen molar-refractivity contribution in [3.05, 3.63) is 59.7 Å². The predicted octanol–water partition coefficient (Wildman–Crippen LogP) is 3.49. The Morgan fingerprint density at radius 1 is 0.750 bits per heavy atom. The zero-order valence-electron chi connectivity index (χ0n) is 10.6. The van der Waals surface area contributed by atoms with Crippen molar-refractivity contribution in [3.63, 3.8) is 0 Å². The highest BCUT2D eigenvalue weighted by molar-refractivity contribution is 7.33. The van der Waals surface area contributed by atoms with Crippen LogP contribution in [0.25, 0.3) is 0 Å². The summed E-state index contributed by atoms with van der Waals surface area (Å²) in [5.74, 6) is 0.337. The molecule has 2 rings (SSSR count). The maximum Gasteiger partial charge on any atom is 0.698 e. The molecule has 20 heavy (non-hydrogen) atoms. The second kappa shape index (κ2) is 7.01. The van der Waals surface area contributed by atoms with Gasteiger partial charge in [-0.05, 0) is 35.4 Å². The lowest BCUT2D eigenvalue weighted by Gasteiger charge is -1.97. The highest BCUT2D eigenvalue weighted by atomic mass is 31.1. The second-order valence-electron chi connectivity index (χ2n) is 4.10. The lowest BCUT2D eigenvalue weighted by molar-refractivity contribution is 0.213. The van der Waals surface area contributed by atoms with Crippen molar-refractivity contribution in [2.45, 2.75) is 13.2 Å². The minimum Gasteiger partial charge on any atom is -0.508 e. The summed E-state index contributed by atoms with van der Waals surface area (Å²) < 4.78 is 21.7. The summed E-state index contributed by atoms with van der Waals surface area (Å²) in [6, 6.07) is 12.8. The van der Waals surface area contributed by atoms with E-state index in [0.29, 0.717) is 0 Å². The van der Waals surface area contributed by atoms with Gasteiger partial charge in [0, 0.05) is 4.57 Å². The molecule has 0 spiro atoms. The topological polar surface area (TPSA) is 76.0 Å². The average molecular weight is 293 g/mol. The third kappa shape index (κ3) is 4.63. The summed E-state index contributed by atoms with van der Waals surface area (Å²) in [4.78, 5) is 0. The first-order chi connectivity index (χ1) is 9.63. The van der Waals surface area contributed by atoms with E-state index >= 15 is 0 Å². The molecule has 0 amide bonds. The molecule has 0 unspecified atom stereocenters. The van der Waals surface area contributed by atoms with E-state index in [-0.39, 0.29) is 24.7 Å². The normalized spacial score (nSPS) is 10.4. The molecule has 0 aliphatic rings. The van der Waals surface area contributed by atoms with Crippen LogP contribution < -0.4 is 0 Å². The van der Waals surface area contributed by atoms with E-state index in [1.807, 2.05) is 0 Å². The molecular weight excluding hydrogens is 279 g/mol. The van der Waals surface area contributed by atoms with E-state index in [9.17, 15) is 4.57 Å². The number of aromatic hydroxyl groups is 2. The smallest absolute Gasteiger partial charge is 0.508 e. The summed E-state index contributed by atoms with van der Waals surface area (Å²) in [6.45, 7) is 0.288. The molecule has 5 nitrogen and oxygen atoms in total. The molecule has 0 radical (unpaired) electrons. The molecule has 2 N–H and O–H groups in total. The van der Waals surface area contributed by atoms with Gasteiger partial charge in [0.25, 0.3) is 0 Å². The van der Waals surface area contributed by atoms with Crippen molar-refractivity contribution in [1.29, 1.82) is 0 Å². The number of phenolic OH excluding ortho intramolecular Hbond substituents is 2. The van der Waals surface area contributed by atoms with E-state index < -0.39 is 8.25 Å². The zero-order chi connectivity index (χ0) is 14.4. The minimum absolute atomic E-state index is 0.144. The van der Waals surface area contributed by atoms with Gasteiger partial charge in [-0.25, -0.2) is 0 Å². The van der Waals surface area contributed by atoms with Crippen LogP contribution >= 0.6 is 8.25 Å². The van der Waals surface area contributed by atoms with Crippen molar-refractivity contribution in [1.82, 2.24) is 0 Å². The largest absolute Gasteiger partial charge is 0.698 e. The standard InChI is InChI=1S/C14H13O5P/c15-13-5-1-11(2-6-13)9-18-20(17)19-10-12-3-7-14(16)8-4-12/h1-8H,9-10H2,(H-,15,16)/p+1. The number of rotatable bonds is 6. The van der Waals surface area contributed by atoms with Crippen LogP contribution in [0.4, 0.5) is 0 Å². The molecule has 104 valence electrons. The lowest BCUT2D eigenvalue weighted by atomic mass is 10.2. The van der Waals surface area contributed by atoms with Crippen LogP contribution in [-0.4, -0.2) is 10.2 Å². The lowest BCUT2D eigenvalue weighted by Crippen LogP contribution is -1.89. The molecule has 0 heterocycles. The summed E-state index contributed by atoms with van der Waals surface area (Å²) in [5, 5.41) is 18.2. The van der Waals surface area contributed by atoms with Gasteiger partial charge in [-0.3, -0.25) is 0 Å². The molecule has 0 aromatic heterocycles.